The molecule has 1 aliphatic carbocycles. The van der Waals surface area contributed by atoms with Gasteiger partial charge in [0.05, 0.1) is 18.8 Å². The first-order valence-electron chi connectivity index (χ1n) is 9.65. The van der Waals surface area contributed by atoms with Gasteiger partial charge in [0.2, 0.25) is 5.79 Å². The summed E-state index contributed by atoms with van der Waals surface area (Å²) in [6.07, 6.45) is -1.57. The summed E-state index contributed by atoms with van der Waals surface area (Å²) < 4.78 is 51.3. The van der Waals surface area contributed by atoms with Crippen LogP contribution in [-0.2, 0) is 17.5 Å². The summed E-state index contributed by atoms with van der Waals surface area (Å²) in [6.45, 7) is 7.87. The molecule has 8 heteroatoms. The molecule has 0 atom stereocenters. The largest absolute Gasteiger partial charge is 0.462 e. The molecule has 1 aromatic rings. The Morgan fingerprint density at radius 3 is 2.25 bits per heavy atom. The highest BCUT2D eigenvalue weighted by Gasteiger charge is 2.39. The lowest BCUT2D eigenvalue weighted by Gasteiger charge is -2.34. The molecule has 1 aromatic carbocycles. The van der Waals surface area contributed by atoms with Gasteiger partial charge in [-0.3, -0.25) is 0 Å². The number of alkyl halides is 3. The van der Waals surface area contributed by atoms with Crippen molar-refractivity contribution in [1.29, 1.82) is 0 Å². The van der Waals surface area contributed by atoms with E-state index in [2.05, 4.69) is 0 Å². The molecule has 2 N–H and O–H groups in total. The summed E-state index contributed by atoms with van der Waals surface area (Å²) in [5.41, 5.74) is -0.380. The van der Waals surface area contributed by atoms with Crippen LogP contribution in [0.2, 0.25) is 18.1 Å². The maximum atomic E-state index is 13.4. The van der Waals surface area contributed by atoms with Crippen LogP contribution < -0.4 is 4.74 Å². The maximum absolute atomic E-state index is 13.4. The first-order chi connectivity index (χ1) is 12.7. The zero-order valence-corrected chi connectivity index (χ0v) is 18.0. The summed E-state index contributed by atoms with van der Waals surface area (Å²) in [7, 11) is -2.44. The van der Waals surface area contributed by atoms with Crippen molar-refractivity contribution in [3.63, 3.8) is 0 Å². The van der Waals surface area contributed by atoms with Crippen LogP contribution in [0, 0.1) is 0 Å². The van der Waals surface area contributed by atoms with E-state index in [1.807, 2.05) is 26.9 Å². The third-order valence-corrected chi connectivity index (χ3v) is 9.13. The van der Waals surface area contributed by atoms with E-state index < -0.39 is 30.9 Å². The molecule has 28 heavy (non-hydrogen) atoms. The van der Waals surface area contributed by atoms with Crippen LogP contribution in [0.3, 0.4) is 0 Å². The van der Waals surface area contributed by atoms with Crippen molar-refractivity contribution in [3.8, 4) is 5.75 Å². The molecule has 4 nitrogen and oxygen atoms in total. The Balaban J connectivity index is 2.16. The first-order valence-corrected chi connectivity index (χ1v) is 12.6. The SMILES string of the molecule is CC(C)(COCc1ccc(C(F)(F)F)c(OC2(O)CCCCC2)c1)[Si](C)(C)O. The smallest absolute Gasteiger partial charge is 0.419 e. The fourth-order valence-corrected chi connectivity index (χ4v) is 3.44. The molecule has 0 heterocycles. The van der Waals surface area contributed by atoms with Crippen LogP contribution in [0.1, 0.15) is 57.1 Å². The molecule has 0 bridgehead atoms. The van der Waals surface area contributed by atoms with Gasteiger partial charge in [-0.15, -0.1) is 0 Å². The number of halogens is 3. The van der Waals surface area contributed by atoms with Crippen molar-refractivity contribution >= 4 is 8.32 Å². The van der Waals surface area contributed by atoms with Crippen molar-refractivity contribution < 1.29 is 32.5 Å². The zero-order chi connectivity index (χ0) is 21.2. The Hall–Kier alpha value is -1.09. The van der Waals surface area contributed by atoms with Gasteiger partial charge in [0, 0.05) is 17.9 Å². The Kier molecular flexibility index (Phi) is 6.90. The highest BCUT2D eigenvalue weighted by atomic mass is 28.4. The molecule has 0 radical (unpaired) electrons. The summed E-state index contributed by atoms with van der Waals surface area (Å²) in [5, 5.41) is 10.1. The molecular weight excluding hydrogens is 389 g/mol. The van der Waals surface area contributed by atoms with Gasteiger partial charge < -0.3 is 19.4 Å². The minimum atomic E-state index is -4.58. The molecule has 1 saturated carbocycles. The lowest BCUT2D eigenvalue weighted by atomic mass is 9.94. The monoisotopic (exact) mass is 420 g/mol. The second-order valence-electron chi connectivity index (χ2n) is 8.87. The third kappa shape index (κ3) is 5.95. The predicted molar refractivity (Wildman–Crippen MR) is 104 cm³/mol. The van der Waals surface area contributed by atoms with Gasteiger partial charge in [-0.05, 0) is 43.6 Å². The number of hydrogen-bond donors (Lipinski definition) is 2. The Morgan fingerprint density at radius 1 is 1.11 bits per heavy atom. The average molecular weight is 421 g/mol. The van der Waals surface area contributed by atoms with Crippen LogP contribution in [0.4, 0.5) is 13.2 Å². The molecule has 0 amide bonds. The fraction of sp³-hybridized carbons (Fsp3) is 0.700. The lowest BCUT2D eigenvalue weighted by molar-refractivity contribution is -0.168. The number of hydrogen-bond acceptors (Lipinski definition) is 4. The number of rotatable bonds is 7. The van der Waals surface area contributed by atoms with Gasteiger partial charge in [-0.2, -0.15) is 13.2 Å². The summed E-state index contributed by atoms with van der Waals surface area (Å²) in [6, 6.07) is 3.62. The Labute approximate surface area is 165 Å². The second-order valence-corrected chi connectivity index (χ2v) is 13.3. The van der Waals surface area contributed by atoms with Crippen LogP contribution >= 0.6 is 0 Å². The molecular formula is C20H31F3O4Si. The average Bonchev–Trinajstić information content (AvgIpc) is 2.53. The molecule has 0 spiro atoms. The molecule has 1 fully saturated rings. The van der Waals surface area contributed by atoms with E-state index in [-0.39, 0.29) is 12.4 Å². The van der Waals surface area contributed by atoms with E-state index in [9.17, 15) is 23.1 Å². The van der Waals surface area contributed by atoms with E-state index in [0.717, 1.165) is 25.3 Å². The van der Waals surface area contributed by atoms with Crippen LogP contribution in [0.5, 0.6) is 5.75 Å². The number of aliphatic hydroxyl groups is 1. The molecule has 0 aliphatic heterocycles. The first kappa shape index (κ1) is 23.2. The molecule has 1 aliphatic rings. The van der Waals surface area contributed by atoms with Crippen molar-refractivity contribution in [2.45, 2.75) is 82.7 Å². The van der Waals surface area contributed by atoms with Crippen LogP contribution in [0.25, 0.3) is 0 Å². The molecule has 0 saturated heterocycles. The van der Waals surface area contributed by atoms with E-state index in [4.69, 9.17) is 9.47 Å². The minimum absolute atomic E-state index is 0.0981. The van der Waals surface area contributed by atoms with Gasteiger partial charge in [-0.1, -0.05) is 26.3 Å². The van der Waals surface area contributed by atoms with Gasteiger partial charge in [0.1, 0.15) is 5.75 Å². The normalized spacial score (nSPS) is 18.2. The predicted octanol–water partition coefficient (Wildman–Crippen LogP) is 5.23. The van der Waals surface area contributed by atoms with Crippen LogP contribution in [-0.4, -0.2) is 30.6 Å². The van der Waals surface area contributed by atoms with Crippen molar-refractivity contribution in [2.75, 3.05) is 6.61 Å². The molecule has 0 unspecified atom stereocenters. The summed E-state index contributed by atoms with van der Waals surface area (Å²) in [5.74, 6) is -1.93. The van der Waals surface area contributed by atoms with Gasteiger partial charge >= 0.3 is 6.18 Å². The number of ether oxygens (including phenoxy) is 2. The molecule has 2 rings (SSSR count). The third-order valence-electron chi connectivity index (χ3n) is 5.67. The van der Waals surface area contributed by atoms with Gasteiger partial charge in [0.15, 0.2) is 8.32 Å². The Bertz CT molecular complexity index is 662. The zero-order valence-electron chi connectivity index (χ0n) is 17.0. The van der Waals surface area contributed by atoms with E-state index in [0.29, 0.717) is 25.0 Å². The van der Waals surface area contributed by atoms with Crippen molar-refractivity contribution in [1.82, 2.24) is 0 Å². The van der Waals surface area contributed by atoms with Gasteiger partial charge in [0.25, 0.3) is 0 Å². The van der Waals surface area contributed by atoms with Crippen molar-refractivity contribution in [2.24, 2.45) is 0 Å². The van der Waals surface area contributed by atoms with Gasteiger partial charge in [-0.25, -0.2) is 0 Å². The minimum Gasteiger partial charge on any atom is -0.462 e. The quantitative estimate of drug-likeness (QED) is 0.468. The maximum Gasteiger partial charge on any atom is 0.419 e. The Morgan fingerprint density at radius 2 is 1.71 bits per heavy atom. The summed E-state index contributed by atoms with van der Waals surface area (Å²) >= 11 is 0. The molecule has 160 valence electrons. The highest BCUT2D eigenvalue weighted by Crippen LogP contribution is 2.40. The fourth-order valence-electron chi connectivity index (χ4n) is 2.99. The highest BCUT2D eigenvalue weighted by molar-refractivity contribution is 6.72. The standard InChI is InChI=1S/C20H31F3O4Si/c1-18(2,28(3,4)25)14-26-13-15-8-9-16(20(21,22)23)17(12-15)27-19(24)10-6-5-7-11-19/h8-9,12,24-25H,5-7,10-11,13-14H2,1-4H3. The molecule has 0 aromatic heterocycles. The van der Waals surface area contributed by atoms with Crippen LogP contribution in [0.15, 0.2) is 18.2 Å². The topological polar surface area (TPSA) is 58.9 Å². The van der Waals surface area contributed by atoms with E-state index in [1.54, 1.807) is 0 Å². The van der Waals surface area contributed by atoms with E-state index >= 15 is 0 Å². The lowest BCUT2D eigenvalue weighted by Crippen LogP contribution is -2.41. The summed E-state index contributed by atoms with van der Waals surface area (Å²) in [4.78, 5) is 10.3. The van der Waals surface area contributed by atoms with E-state index in [1.165, 1.54) is 12.1 Å². The van der Waals surface area contributed by atoms with Crippen molar-refractivity contribution in [3.05, 3.63) is 29.3 Å². The number of benzene rings is 1. The second kappa shape index (κ2) is 8.34.